The summed E-state index contributed by atoms with van der Waals surface area (Å²) in [4.78, 5) is 2.40. The normalized spacial score (nSPS) is 27.3. The second-order valence-electron chi connectivity index (χ2n) is 7.03. The quantitative estimate of drug-likeness (QED) is 0.845. The van der Waals surface area contributed by atoms with E-state index in [2.05, 4.69) is 15.2 Å². The predicted molar refractivity (Wildman–Crippen MR) is 80.7 cm³/mol. The third-order valence-corrected chi connectivity index (χ3v) is 5.18. The number of hydrogen-bond donors (Lipinski definition) is 0. The highest BCUT2D eigenvalue weighted by molar-refractivity contribution is 4.93. The molecule has 1 aromatic rings. The molecular weight excluding hydrogens is 305 g/mol. The Morgan fingerprint density at radius 2 is 1.74 bits per heavy atom. The van der Waals surface area contributed by atoms with E-state index < -0.39 is 12.1 Å². The third kappa shape index (κ3) is 4.68. The highest BCUT2D eigenvalue weighted by Gasteiger charge is 2.41. The lowest BCUT2D eigenvalue weighted by atomic mass is 9.81. The molecule has 3 rings (SSSR count). The molecule has 0 radical (unpaired) electrons. The van der Waals surface area contributed by atoms with Crippen molar-refractivity contribution in [3.63, 3.8) is 0 Å². The first-order valence-corrected chi connectivity index (χ1v) is 8.69. The van der Waals surface area contributed by atoms with Crippen LogP contribution < -0.4 is 0 Å². The molecule has 7 heteroatoms. The van der Waals surface area contributed by atoms with Crippen LogP contribution in [0.4, 0.5) is 13.2 Å². The first kappa shape index (κ1) is 16.7. The van der Waals surface area contributed by atoms with E-state index >= 15 is 0 Å². The maximum atomic E-state index is 12.7. The zero-order valence-corrected chi connectivity index (χ0v) is 13.4. The number of likely N-dealkylation sites (tertiary alicyclic amines) is 1. The van der Waals surface area contributed by atoms with E-state index in [1.165, 1.54) is 19.3 Å². The van der Waals surface area contributed by atoms with Crippen molar-refractivity contribution in [3.8, 4) is 0 Å². The molecule has 0 spiro atoms. The second kappa shape index (κ2) is 7.20. The van der Waals surface area contributed by atoms with Gasteiger partial charge in [-0.25, -0.2) is 0 Å². The van der Waals surface area contributed by atoms with Crippen LogP contribution in [0.25, 0.3) is 0 Å². The van der Waals surface area contributed by atoms with Gasteiger partial charge in [0.15, 0.2) is 0 Å². The largest absolute Gasteiger partial charge is 0.391 e. The lowest BCUT2D eigenvalue weighted by Crippen LogP contribution is -2.29. The van der Waals surface area contributed by atoms with Crippen LogP contribution in [0.15, 0.2) is 6.20 Å². The lowest BCUT2D eigenvalue weighted by molar-refractivity contribution is -0.184. The minimum atomic E-state index is -4.03. The van der Waals surface area contributed by atoms with Crippen LogP contribution in [0, 0.1) is 11.8 Å². The van der Waals surface area contributed by atoms with Crippen molar-refractivity contribution in [2.24, 2.45) is 11.8 Å². The van der Waals surface area contributed by atoms with Gasteiger partial charge in [0.25, 0.3) is 0 Å². The molecule has 2 aliphatic rings. The molecule has 0 bridgehead atoms. The molecule has 1 aromatic heterocycles. The van der Waals surface area contributed by atoms with Gasteiger partial charge in [-0.2, -0.15) is 13.2 Å². The number of hydrogen-bond acceptors (Lipinski definition) is 3. The maximum Gasteiger partial charge on any atom is 0.391 e. The van der Waals surface area contributed by atoms with Crippen molar-refractivity contribution < 1.29 is 13.2 Å². The van der Waals surface area contributed by atoms with E-state index in [0.717, 1.165) is 25.3 Å². The molecule has 0 aromatic carbocycles. The minimum absolute atomic E-state index is 0.253. The summed E-state index contributed by atoms with van der Waals surface area (Å²) in [5.74, 6) is -0.817. The molecule has 2 heterocycles. The maximum absolute atomic E-state index is 12.7. The Kier molecular flexibility index (Phi) is 5.24. The van der Waals surface area contributed by atoms with Crippen LogP contribution in [0.5, 0.6) is 0 Å². The number of alkyl halides is 3. The molecule has 23 heavy (non-hydrogen) atoms. The van der Waals surface area contributed by atoms with Crippen LogP contribution >= 0.6 is 0 Å². The van der Waals surface area contributed by atoms with Crippen LogP contribution in [-0.2, 0) is 13.1 Å². The lowest BCUT2D eigenvalue weighted by Gasteiger charge is -2.29. The Hall–Kier alpha value is -1.11. The summed E-state index contributed by atoms with van der Waals surface area (Å²) in [6.45, 7) is 3.76. The van der Waals surface area contributed by atoms with E-state index in [4.69, 9.17) is 0 Å². The van der Waals surface area contributed by atoms with Gasteiger partial charge in [-0.1, -0.05) is 11.6 Å². The Labute approximate surface area is 135 Å². The number of aromatic nitrogens is 3. The Morgan fingerprint density at radius 1 is 1.04 bits per heavy atom. The first-order valence-electron chi connectivity index (χ1n) is 8.69. The number of nitrogens with zero attached hydrogens (tertiary/aromatic N) is 4. The molecule has 0 N–H and O–H groups in total. The third-order valence-electron chi connectivity index (χ3n) is 5.18. The van der Waals surface area contributed by atoms with Crippen molar-refractivity contribution in [2.75, 3.05) is 13.1 Å². The smallest absolute Gasteiger partial charge is 0.297 e. The fraction of sp³-hybridized carbons (Fsp3) is 0.875. The highest BCUT2D eigenvalue weighted by Crippen LogP contribution is 2.39. The van der Waals surface area contributed by atoms with Crippen LogP contribution in [0.1, 0.15) is 50.6 Å². The summed E-state index contributed by atoms with van der Waals surface area (Å²) < 4.78 is 39.9. The fourth-order valence-electron chi connectivity index (χ4n) is 3.78. The summed E-state index contributed by atoms with van der Waals surface area (Å²) >= 11 is 0. The average Bonchev–Trinajstić information content (AvgIpc) is 2.95. The summed E-state index contributed by atoms with van der Waals surface area (Å²) in [5.41, 5.74) is 0.968. The van der Waals surface area contributed by atoms with Crippen LogP contribution in [0.3, 0.4) is 0 Å². The molecule has 0 unspecified atom stereocenters. The van der Waals surface area contributed by atoms with Crippen LogP contribution in [-0.4, -0.2) is 39.2 Å². The van der Waals surface area contributed by atoms with Gasteiger partial charge in [0.1, 0.15) is 0 Å². The van der Waals surface area contributed by atoms with Gasteiger partial charge < -0.3 is 0 Å². The van der Waals surface area contributed by atoms with Crippen LogP contribution in [0.2, 0.25) is 0 Å². The monoisotopic (exact) mass is 330 g/mol. The molecule has 0 atom stereocenters. The van der Waals surface area contributed by atoms with E-state index in [1.54, 1.807) is 0 Å². The Balaban J connectivity index is 1.46. The van der Waals surface area contributed by atoms with Gasteiger partial charge in [-0.3, -0.25) is 9.58 Å². The standard InChI is InChI=1S/C16H25F3N4/c17-16(18,19)14-6-4-13(5-7-14)10-23-12-15(20-21-23)11-22-8-2-1-3-9-22/h12-14H,1-11H2. The number of piperidine rings is 1. The fourth-order valence-corrected chi connectivity index (χ4v) is 3.78. The van der Waals surface area contributed by atoms with Crippen molar-refractivity contribution >= 4 is 0 Å². The molecule has 1 saturated heterocycles. The summed E-state index contributed by atoms with van der Waals surface area (Å²) in [6, 6.07) is 0. The SMILES string of the molecule is FC(F)(F)C1CCC(Cn2cc(CN3CCCCC3)nn2)CC1. The van der Waals surface area contributed by atoms with Gasteiger partial charge in [-0.05, 0) is 57.5 Å². The molecule has 130 valence electrons. The average molecular weight is 330 g/mol. The van der Waals surface area contributed by atoms with Crippen molar-refractivity contribution in [3.05, 3.63) is 11.9 Å². The Bertz CT molecular complexity index is 486. The molecule has 2 fully saturated rings. The topological polar surface area (TPSA) is 34.0 Å². The van der Waals surface area contributed by atoms with E-state index in [1.807, 2.05) is 10.9 Å². The van der Waals surface area contributed by atoms with Crippen molar-refractivity contribution in [2.45, 2.75) is 64.2 Å². The number of rotatable bonds is 4. The van der Waals surface area contributed by atoms with Gasteiger partial charge >= 0.3 is 6.18 Å². The van der Waals surface area contributed by atoms with Gasteiger partial charge in [0.05, 0.1) is 11.6 Å². The molecule has 0 amide bonds. The molecule has 1 aliphatic carbocycles. The van der Waals surface area contributed by atoms with E-state index in [9.17, 15) is 13.2 Å². The van der Waals surface area contributed by atoms with Gasteiger partial charge in [0.2, 0.25) is 0 Å². The Morgan fingerprint density at radius 3 is 2.39 bits per heavy atom. The number of halogens is 3. The van der Waals surface area contributed by atoms with E-state index in [0.29, 0.717) is 19.4 Å². The zero-order valence-electron chi connectivity index (χ0n) is 13.4. The predicted octanol–water partition coefficient (Wildman–Crippen LogP) is 3.63. The molecule has 1 aliphatic heterocycles. The van der Waals surface area contributed by atoms with Crippen molar-refractivity contribution in [1.82, 2.24) is 19.9 Å². The van der Waals surface area contributed by atoms with Gasteiger partial charge in [0, 0.05) is 19.3 Å². The molecular formula is C16H25F3N4. The minimum Gasteiger partial charge on any atom is -0.297 e. The highest BCUT2D eigenvalue weighted by atomic mass is 19.4. The van der Waals surface area contributed by atoms with Gasteiger partial charge in [-0.15, -0.1) is 5.10 Å². The summed E-state index contributed by atoms with van der Waals surface area (Å²) in [5, 5.41) is 8.38. The zero-order chi connectivity index (χ0) is 16.3. The summed E-state index contributed by atoms with van der Waals surface area (Å²) in [6.07, 6.45) is 3.51. The van der Waals surface area contributed by atoms with E-state index in [-0.39, 0.29) is 18.8 Å². The molecule has 4 nitrogen and oxygen atoms in total. The second-order valence-corrected chi connectivity index (χ2v) is 7.03. The van der Waals surface area contributed by atoms with Crippen molar-refractivity contribution in [1.29, 1.82) is 0 Å². The molecule has 1 saturated carbocycles. The summed E-state index contributed by atoms with van der Waals surface area (Å²) in [7, 11) is 0. The first-order chi connectivity index (χ1) is 11.0.